The van der Waals surface area contributed by atoms with Crippen LogP contribution in [0.15, 0.2) is 24.3 Å². The summed E-state index contributed by atoms with van der Waals surface area (Å²) in [6.07, 6.45) is 14.1. The summed E-state index contributed by atoms with van der Waals surface area (Å²) < 4.78 is 17.0. The molecule has 2 fully saturated rings. The van der Waals surface area contributed by atoms with Gasteiger partial charge in [0.05, 0.1) is 13.2 Å². The van der Waals surface area contributed by atoms with Gasteiger partial charge in [-0.3, -0.25) is 4.79 Å². The number of halogens is 1. The molecule has 7 heteroatoms. The molecule has 3 rings (SSSR count). The van der Waals surface area contributed by atoms with Gasteiger partial charge >= 0.3 is 5.97 Å². The Kier molecular flexibility index (Phi) is 11.6. The van der Waals surface area contributed by atoms with Gasteiger partial charge in [0.15, 0.2) is 12.1 Å². The fraction of sp³-hybridized carbons (Fsp3) is 0.704. The Labute approximate surface area is 213 Å². The molecule has 1 saturated heterocycles. The molecule has 1 aliphatic heterocycles. The lowest BCUT2D eigenvalue weighted by Gasteiger charge is -2.29. The minimum absolute atomic E-state index is 0.00685. The van der Waals surface area contributed by atoms with E-state index >= 15 is 0 Å². The van der Waals surface area contributed by atoms with E-state index < -0.39 is 0 Å². The van der Waals surface area contributed by atoms with E-state index in [0.717, 1.165) is 70.8 Å². The molecule has 0 radical (unpaired) electrons. The van der Waals surface area contributed by atoms with Crippen molar-refractivity contribution in [3.63, 3.8) is 0 Å². The second-order valence-corrected chi connectivity index (χ2v) is 11.1. The predicted octanol–water partition coefficient (Wildman–Crippen LogP) is 6.72. The molecule has 0 bridgehead atoms. The summed E-state index contributed by atoms with van der Waals surface area (Å²) in [7, 11) is 1.40. The summed E-state index contributed by atoms with van der Waals surface area (Å²) in [5.41, 5.74) is 0. The standard InChI is InChI=1S/C27H39ClO5S/c1-3-4-5-9-19(29)13-15-22-21(11-8-10-20-14-16-25(34-20)27(30)31-2)23(28)18-24(22)33-26-12-6-7-17-32-26/h13-16,21-24,26H,3-12,17-18H2,1-2H3. The number of thiophene rings is 1. The van der Waals surface area contributed by atoms with E-state index in [2.05, 4.69) is 13.0 Å². The molecule has 5 atom stereocenters. The molecule has 5 unspecified atom stereocenters. The van der Waals surface area contributed by atoms with Crippen molar-refractivity contribution in [2.45, 2.75) is 95.3 Å². The highest BCUT2D eigenvalue weighted by atomic mass is 35.5. The van der Waals surface area contributed by atoms with Crippen LogP contribution in [0.4, 0.5) is 0 Å². The number of hydrogen-bond acceptors (Lipinski definition) is 6. The highest BCUT2D eigenvalue weighted by molar-refractivity contribution is 7.13. The molecule has 34 heavy (non-hydrogen) atoms. The van der Waals surface area contributed by atoms with Crippen LogP contribution in [0.2, 0.25) is 0 Å². The van der Waals surface area contributed by atoms with Crippen molar-refractivity contribution in [1.82, 2.24) is 0 Å². The topological polar surface area (TPSA) is 61.8 Å². The number of aryl methyl sites for hydroxylation is 1. The van der Waals surface area contributed by atoms with E-state index in [9.17, 15) is 9.59 Å². The minimum atomic E-state index is -0.286. The lowest BCUT2D eigenvalue weighted by molar-refractivity contribution is -0.192. The highest BCUT2D eigenvalue weighted by Gasteiger charge is 2.42. The molecule has 5 nitrogen and oxygen atoms in total. The van der Waals surface area contributed by atoms with Crippen LogP contribution >= 0.6 is 22.9 Å². The molecule has 0 aromatic carbocycles. The van der Waals surface area contributed by atoms with Gasteiger partial charge in [-0.05, 0) is 75.5 Å². The first-order valence-corrected chi connectivity index (χ1v) is 14.1. The Morgan fingerprint density at radius 1 is 1.24 bits per heavy atom. The number of carbonyl (C=O) groups excluding carboxylic acids is 2. The molecule has 190 valence electrons. The monoisotopic (exact) mass is 510 g/mol. The van der Waals surface area contributed by atoms with Crippen molar-refractivity contribution in [2.75, 3.05) is 13.7 Å². The van der Waals surface area contributed by atoms with Gasteiger partial charge in [-0.1, -0.05) is 25.8 Å². The Morgan fingerprint density at radius 3 is 2.82 bits per heavy atom. The van der Waals surface area contributed by atoms with Gasteiger partial charge in [0.1, 0.15) is 4.88 Å². The summed E-state index contributed by atoms with van der Waals surface area (Å²) >= 11 is 8.34. The molecule has 0 amide bonds. The van der Waals surface area contributed by atoms with Gasteiger partial charge in [-0.2, -0.15) is 0 Å². The number of allylic oxidation sites excluding steroid dienone is 1. The average Bonchev–Trinajstić information content (AvgIpc) is 3.42. The van der Waals surface area contributed by atoms with Crippen LogP contribution in [0, 0.1) is 11.8 Å². The van der Waals surface area contributed by atoms with Crippen molar-refractivity contribution in [1.29, 1.82) is 0 Å². The molecular weight excluding hydrogens is 472 g/mol. The fourth-order valence-corrected chi connectivity index (χ4v) is 6.39. The lowest BCUT2D eigenvalue weighted by Crippen LogP contribution is -2.30. The van der Waals surface area contributed by atoms with E-state index in [1.54, 1.807) is 6.08 Å². The Morgan fingerprint density at radius 2 is 2.09 bits per heavy atom. The smallest absolute Gasteiger partial charge is 0.348 e. The Balaban J connectivity index is 1.61. The molecule has 0 spiro atoms. The van der Waals surface area contributed by atoms with Crippen LogP contribution in [-0.2, 0) is 25.4 Å². The molecule has 2 aliphatic rings. The first kappa shape index (κ1) is 27.4. The maximum Gasteiger partial charge on any atom is 0.348 e. The number of unbranched alkanes of at least 4 members (excludes halogenated alkanes) is 2. The van der Waals surface area contributed by atoms with Gasteiger partial charge in [0, 0.05) is 29.2 Å². The summed E-state index contributed by atoms with van der Waals surface area (Å²) in [6, 6.07) is 3.83. The highest BCUT2D eigenvalue weighted by Crippen LogP contribution is 2.42. The van der Waals surface area contributed by atoms with Crippen LogP contribution < -0.4 is 0 Å². The van der Waals surface area contributed by atoms with Crippen LogP contribution in [0.25, 0.3) is 0 Å². The third kappa shape index (κ3) is 8.18. The zero-order valence-electron chi connectivity index (χ0n) is 20.5. The summed E-state index contributed by atoms with van der Waals surface area (Å²) in [5, 5.41) is 0.00685. The minimum Gasteiger partial charge on any atom is -0.465 e. The van der Waals surface area contributed by atoms with E-state index in [4.69, 9.17) is 25.8 Å². The third-order valence-electron chi connectivity index (χ3n) is 6.85. The Hall–Kier alpha value is -1.21. The number of esters is 1. The molecular formula is C27H39ClO5S. The van der Waals surface area contributed by atoms with Crippen molar-refractivity contribution >= 4 is 34.7 Å². The van der Waals surface area contributed by atoms with Gasteiger partial charge < -0.3 is 14.2 Å². The van der Waals surface area contributed by atoms with E-state index in [-0.39, 0.29) is 41.4 Å². The zero-order valence-corrected chi connectivity index (χ0v) is 22.1. The first-order valence-electron chi connectivity index (χ1n) is 12.8. The van der Waals surface area contributed by atoms with Crippen molar-refractivity contribution in [3.8, 4) is 0 Å². The Bertz CT molecular complexity index is 801. The van der Waals surface area contributed by atoms with Crippen LogP contribution in [0.3, 0.4) is 0 Å². The number of ketones is 1. The second kappa shape index (κ2) is 14.4. The predicted molar refractivity (Wildman–Crippen MR) is 137 cm³/mol. The number of alkyl halides is 1. The maximum absolute atomic E-state index is 12.4. The normalized spacial score (nSPS) is 27.3. The molecule has 1 aromatic heterocycles. The quantitative estimate of drug-likeness (QED) is 0.127. The fourth-order valence-electron chi connectivity index (χ4n) is 4.96. The molecule has 1 aromatic rings. The van der Waals surface area contributed by atoms with Gasteiger partial charge in [-0.25, -0.2) is 4.79 Å². The number of methoxy groups -OCH3 is 1. The number of rotatable bonds is 13. The van der Waals surface area contributed by atoms with E-state index in [1.165, 1.54) is 23.3 Å². The molecule has 1 saturated carbocycles. The van der Waals surface area contributed by atoms with Gasteiger partial charge in [-0.15, -0.1) is 22.9 Å². The summed E-state index contributed by atoms with van der Waals surface area (Å²) in [6.45, 7) is 2.89. The number of hydrogen-bond donors (Lipinski definition) is 0. The average molecular weight is 511 g/mol. The van der Waals surface area contributed by atoms with Gasteiger partial charge in [0.2, 0.25) is 0 Å². The number of ether oxygens (including phenoxy) is 3. The van der Waals surface area contributed by atoms with E-state index in [1.807, 2.05) is 12.1 Å². The summed E-state index contributed by atoms with van der Waals surface area (Å²) in [4.78, 5) is 25.9. The number of carbonyl (C=O) groups is 2. The molecule has 0 N–H and O–H groups in total. The lowest BCUT2D eigenvalue weighted by atomic mass is 9.89. The summed E-state index contributed by atoms with van der Waals surface area (Å²) in [5.74, 6) is 0.255. The van der Waals surface area contributed by atoms with Crippen LogP contribution in [-0.4, -0.2) is 43.2 Å². The second-order valence-electron chi connectivity index (χ2n) is 9.40. The zero-order chi connectivity index (χ0) is 24.3. The van der Waals surface area contributed by atoms with Crippen molar-refractivity contribution < 1.29 is 23.8 Å². The largest absolute Gasteiger partial charge is 0.465 e. The van der Waals surface area contributed by atoms with Crippen LogP contribution in [0.5, 0.6) is 0 Å². The van der Waals surface area contributed by atoms with Gasteiger partial charge in [0.25, 0.3) is 0 Å². The molecule has 2 heterocycles. The first-order chi connectivity index (χ1) is 16.5. The maximum atomic E-state index is 12.4. The molecule has 1 aliphatic carbocycles. The SMILES string of the molecule is CCCCCC(=O)C=CC1C(OC2CCCCO2)CC(Cl)C1CCCc1ccc(C(=O)OC)s1. The van der Waals surface area contributed by atoms with E-state index in [0.29, 0.717) is 11.3 Å². The third-order valence-corrected chi connectivity index (χ3v) is 8.48. The van der Waals surface area contributed by atoms with Crippen molar-refractivity contribution in [3.05, 3.63) is 34.0 Å². The van der Waals surface area contributed by atoms with Crippen LogP contribution in [0.1, 0.15) is 85.7 Å². The van der Waals surface area contributed by atoms with Crippen molar-refractivity contribution in [2.24, 2.45) is 11.8 Å².